The van der Waals surface area contributed by atoms with Gasteiger partial charge >= 0.3 is 5.97 Å². The normalized spacial score (nSPS) is 10.8. The summed E-state index contributed by atoms with van der Waals surface area (Å²) in [6.07, 6.45) is 1.76. The summed E-state index contributed by atoms with van der Waals surface area (Å²) in [5.74, 6) is -1.16. The van der Waals surface area contributed by atoms with Crippen LogP contribution >= 0.6 is 15.9 Å². The number of rotatable bonds is 4. The molecule has 6 nitrogen and oxygen atoms in total. The molecule has 0 aliphatic rings. The lowest BCUT2D eigenvalue weighted by Gasteiger charge is -2.08. The zero-order chi connectivity index (χ0) is 18.1. The number of aromatic nitrogens is 2. The van der Waals surface area contributed by atoms with Crippen LogP contribution < -0.4 is 5.32 Å². The molecule has 0 atom stereocenters. The topological polar surface area (TPSA) is 83.7 Å². The minimum atomic E-state index is -0.890. The lowest BCUT2D eigenvalue weighted by Crippen LogP contribution is -2.15. The molecule has 0 fully saturated rings. The summed E-state index contributed by atoms with van der Waals surface area (Å²) in [5.41, 5.74) is 4.09. The molecule has 0 radical (unpaired) electrons. The molecule has 2 N–H and O–H groups in total. The van der Waals surface area contributed by atoms with Crippen LogP contribution in [-0.4, -0.2) is 26.4 Å². The van der Waals surface area contributed by atoms with E-state index in [0.29, 0.717) is 22.6 Å². The van der Waals surface area contributed by atoms with Gasteiger partial charge in [0.15, 0.2) is 0 Å². The number of anilines is 1. The van der Waals surface area contributed by atoms with Gasteiger partial charge in [-0.1, -0.05) is 12.1 Å². The van der Waals surface area contributed by atoms with E-state index in [0.717, 1.165) is 15.7 Å². The molecule has 7 heteroatoms. The number of carboxylic acids is 1. The second-order valence-electron chi connectivity index (χ2n) is 5.80. The minimum Gasteiger partial charge on any atom is -0.481 e. The molecule has 25 heavy (non-hydrogen) atoms. The zero-order valence-corrected chi connectivity index (χ0v) is 15.3. The molecular formula is C18H16BrN3O3. The number of carbonyl (C=O) groups is 2. The van der Waals surface area contributed by atoms with E-state index in [9.17, 15) is 9.59 Å². The molecule has 2 heterocycles. The molecule has 1 aromatic carbocycles. The number of pyridine rings is 1. The van der Waals surface area contributed by atoms with E-state index in [2.05, 4.69) is 26.2 Å². The minimum absolute atomic E-state index is 0.0477. The van der Waals surface area contributed by atoms with Gasteiger partial charge in [0.2, 0.25) is 0 Å². The van der Waals surface area contributed by atoms with Gasteiger partial charge in [-0.05, 0) is 59.1 Å². The van der Waals surface area contributed by atoms with E-state index >= 15 is 0 Å². The van der Waals surface area contributed by atoms with E-state index in [1.54, 1.807) is 35.6 Å². The van der Waals surface area contributed by atoms with Crippen molar-refractivity contribution in [2.24, 2.45) is 0 Å². The quantitative estimate of drug-likeness (QED) is 0.699. The van der Waals surface area contributed by atoms with Crippen LogP contribution in [0.1, 0.15) is 27.3 Å². The van der Waals surface area contributed by atoms with Crippen LogP contribution in [0.4, 0.5) is 5.69 Å². The highest BCUT2D eigenvalue weighted by Gasteiger charge is 2.18. The number of nitrogens with zero attached hydrogens (tertiary/aromatic N) is 2. The largest absolute Gasteiger partial charge is 0.481 e. The van der Waals surface area contributed by atoms with Crippen LogP contribution in [0.3, 0.4) is 0 Å². The Morgan fingerprint density at radius 3 is 2.56 bits per heavy atom. The number of hydrogen-bond acceptors (Lipinski definition) is 3. The lowest BCUT2D eigenvalue weighted by molar-refractivity contribution is -0.136. The monoisotopic (exact) mass is 401 g/mol. The maximum Gasteiger partial charge on any atom is 0.307 e. The average Bonchev–Trinajstić information content (AvgIpc) is 2.85. The summed E-state index contributed by atoms with van der Waals surface area (Å²) in [7, 11) is 0. The SMILES string of the molecule is Cc1nc2c(C)cc(Br)cn2c1C(=O)Nc1ccc(CC(=O)O)cc1. The van der Waals surface area contributed by atoms with Gasteiger partial charge < -0.3 is 10.4 Å². The molecule has 1 amide bonds. The van der Waals surface area contributed by atoms with Crippen LogP contribution in [0.5, 0.6) is 0 Å². The van der Waals surface area contributed by atoms with Gasteiger partial charge in [0.25, 0.3) is 5.91 Å². The molecule has 128 valence electrons. The number of amides is 1. The van der Waals surface area contributed by atoms with E-state index in [1.165, 1.54) is 0 Å². The summed E-state index contributed by atoms with van der Waals surface area (Å²) in [6.45, 7) is 3.74. The van der Waals surface area contributed by atoms with Crippen LogP contribution in [0, 0.1) is 13.8 Å². The molecule has 0 spiro atoms. The van der Waals surface area contributed by atoms with E-state index < -0.39 is 5.97 Å². The maximum absolute atomic E-state index is 12.7. The number of fused-ring (bicyclic) bond motifs is 1. The second-order valence-corrected chi connectivity index (χ2v) is 6.72. The molecule has 0 saturated carbocycles. The van der Waals surface area contributed by atoms with E-state index in [4.69, 9.17) is 5.11 Å². The second kappa shape index (κ2) is 6.68. The predicted octanol–water partition coefficient (Wildman–Crippen LogP) is 3.59. The average molecular weight is 402 g/mol. The summed E-state index contributed by atoms with van der Waals surface area (Å²) in [6, 6.07) is 8.70. The molecule has 0 aliphatic carbocycles. The highest BCUT2D eigenvalue weighted by Crippen LogP contribution is 2.21. The summed E-state index contributed by atoms with van der Waals surface area (Å²) >= 11 is 3.44. The Morgan fingerprint density at radius 2 is 1.92 bits per heavy atom. The Morgan fingerprint density at radius 1 is 1.24 bits per heavy atom. The van der Waals surface area contributed by atoms with E-state index in [-0.39, 0.29) is 12.3 Å². The van der Waals surface area contributed by atoms with Gasteiger partial charge in [-0.25, -0.2) is 4.98 Å². The van der Waals surface area contributed by atoms with Gasteiger partial charge in [0.1, 0.15) is 11.3 Å². The molecule has 0 bridgehead atoms. The summed E-state index contributed by atoms with van der Waals surface area (Å²) in [4.78, 5) is 27.9. The van der Waals surface area contributed by atoms with Crippen LogP contribution in [0.15, 0.2) is 41.0 Å². The van der Waals surface area contributed by atoms with Gasteiger partial charge in [-0.3, -0.25) is 14.0 Å². The number of aliphatic carboxylic acids is 1. The zero-order valence-electron chi connectivity index (χ0n) is 13.7. The maximum atomic E-state index is 12.7. The summed E-state index contributed by atoms with van der Waals surface area (Å²) < 4.78 is 2.63. The van der Waals surface area contributed by atoms with Crippen LogP contribution in [0.25, 0.3) is 5.65 Å². The third-order valence-electron chi connectivity index (χ3n) is 3.83. The predicted molar refractivity (Wildman–Crippen MR) is 98.1 cm³/mol. The third kappa shape index (κ3) is 3.56. The Kier molecular flexibility index (Phi) is 4.59. The summed E-state index contributed by atoms with van der Waals surface area (Å²) in [5, 5.41) is 11.6. The highest BCUT2D eigenvalue weighted by molar-refractivity contribution is 9.10. The van der Waals surface area contributed by atoms with Crippen molar-refractivity contribution < 1.29 is 14.7 Å². The number of carbonyl (C=O) groups excluding carboxylic acids is 1. The van der Waals surface area contributed by atoms with Crippen molar-refractivity contribution in [1.82, 2.24) is 9.38 Å². The Labute approximate surface area is 152 Å². The molecule has 3 rings (SSSR count). The highest BCUT2D eigenvalue weighted by atomic mass is 79.9. The van der Waals surface area contributed by atoms with Crippen LogP contribution in [0.2, 0.25) is 0 Å². The van der Waals surface area contributed by atoms with Gasteiger partial charge in [-0.15, -0.1) is 0 Å². The smallest absolute Gasteiger partial charge is 0.307 e. The number of carboxylic acid groups (broad SMARTS) is 1. The number of hydrogen-bond donors (Lipinski definition) is 2. The van der Waals surface area contributed by atoms with Crippen molar-refractivity contribution in [3.05, 3.63) is 63.5 Å². The Bertz CT molecular complexity index is 977. The molecule has 0 unspecified atom stereocenters. The van der Waals surface area contributed by atoms with Gasteiger partial charge in [-0.2, -0.15) is 0 Å². The van der Waals surface area contributed by atoms with E-state index in [1.807, 2.05) is 19.2 Å². The number of nitrogens with one attached hydrogen (secondary N) is 1. The number of benzene rings is 1. The lowest BCUT2D eigenvalue weighted by atomic mass is 10.1. The van der Waals surface area contributed by atoms with Crippen LogP contribution in [-0.2, 0) is 11.2 Å². The van der Waals surface area contributed by atoms with Crippen molar-refractivity contribution in [3.63, 3.8) is 0 Å². The third-order valence-corrected chi connectivity index (χ3v) is 4.26. The van der Waals surface area contributed by atoms with Crippen molar-refractivity contribution in [2.45, 2.75) is 20.3 Å². The molecule has 0 aliphatic heterocycles. The first-order valence-electron chi connectivity index (χ1n) is 7.62. The van der Waals surface area contributed by atoms with Crippen molar-refractivity contribution in [2.75, 3.05) is 5.32 Å². The Hall–Kier alpha value is -2.67. The first-order chi connectivity index (χ1) is 11.8. The van der Waals surface area contributed by atoms with Crippen molar-refractivity contribution >= 4 is 39.1 Å². The standard InChI is InChI=1S/C18H16BrN3O3/c1-10-7-13(19)9-22-16(11(2)20-17(10)22)18(25)21-14-5-3-12(4-6-14)8-15(23)24/h3-7,9H,8H2,1-2H3,(H,21,25)(H,23,24). The number of aryl methyl sites for hydroxylation is 2. The first-order valence-corrected chi connectivity index (χ1v) is 8.41. The Balaban J connectivity index is 1.90. The molecule has 3 aromatic rings. The fourth-order valence-electron chi connectivity index (χ4n) is 2.73. The van der Waals surface area contributed by atoms with Gasteiger partial charge in [0, 0.05) is 16.4 Å². The molecule has 0 saturated heterocycles. The fraction of sp³-hybridized carbons (Fsp3) is 0.167. The molecular weight excluding hydrogens is 386 g/mol. The molecule has 2 aromatic heterocycles. The van der Waals surface area contributed by atoms with Crippen molar-refractivity contribution in [1.29, 1.82) is 0 Å². The first kappa shape index (κ1) is 17.2. The fourth-order valence-corrected chi connectivity index (χ4v) is 3.27. The number of halogens is 1. The van der Waals surface area contributed by atoms with Crippen molar-refractivity contribution in [3.8, 4) is 0 Å². The number of imidazole rings is 1. The van der Waals surface area contributed by atoms with Gasteiger partial charge in [0.05, 0.1) is 12.1 Å².